The Kier molecular flexibility index (Phi) is 7.68. The SMILES string of the molecule is CCCCC(CC)CC(NN)c1ncccc1CC. The zero-order chi connectivity index (χ0) is 14.1. The molecule has 0 radical (unpaired) electrons. The van der Waals surface area contributed by atoms with E-state index < -0.39 is 0 Å². The molecule has 3 nitrogen and oxygen atoms in total. The molecule has 0 bridgehead atoms. The Bertz CT molecular complexity index is 352. The van der Waals surface area contributed by atoms with Crippen molar-refractivity contribution in [2.24, 2.45) is 11.8 Å². The summed E-state index contributed by atoms with van der Waals surface area (Å²) in [6, 6.07) is 4.34. The molecule has 0 saturated carbocycles. The molecule has 0 saturated heterocycles. The maximum Gasteiger partial charge on any atom is 0.0637 e. The molecule has 0 spiro atoms. The summed E-state index contributed by atoms with van der Waals surface area (Å²) in [6.07, 6.45) is 9.03. The van der Waals surface area contributed by atoms with Gasteiger partial charge in [0, 0.05) is 6.20 Å². The second-order valence-corrected chi connectivity index (χ2v) is 5.27. The molecule has 1 aromatic heterocycles. The molecule has 1 heterocycles. The van der Waals surface area contributed by atoms with Crippen molar-refractivity contribution in [3.63, 3.8) is 0 Å². The lowest BCUT2D eigenvalue weighted by atomic mass is 9.89. The first kappa shape index (κ1) is 16.1. The topological polar surface area (TPSA) is 50.9 Å². The van der Waals surface area contributed by atoms with E-state index in [1.807, 2.05) is 12.3 Å². The van der Waals surface area contributed by atoms with Crippen molar-refractivity contribution in [1.29, 1.82) is 0 Å². The van der Waals surface area contributed by atoms with E-state index in [1.165, 1.54) is 31.2 Å². The molecule has 0 aliphatic carbocycles. The molecular weight excluding hydrogens is 234 g/mol. The van der Waals surface area contributed by atoms with E-state index in [-0.39, 0.29) is 6.04 Å². The maximum atomic E-state index is 5.77. The van der Waals surface area contributed by atoms with Gasteiger partial charge in [-0.1, -0.05) is 52.5 Å². The third-order valence-corrected chi connectivity index (χ3v) is 3.95. The highest BCUT2D eigenvalue weighted by Gasteiger charge is 2.18. The Morgan fingerprint density at radius 2 is 2.11 bits per heavy atom. The van der Waals surface area contributed by atoms with Gasteiger partial charge in [-0.05, 0) is 30.4 Å². The smallest absolute Gasteiger partial charge is 0.0637 e. The fraction of sp³-hybridized carbons (Fsp3) is 0.688. The van der Waals surface area contributed by atoms with Crippen molar-refractivity contribution in [3.05, 3.63) is 29.6 Å². The minimum Gasteiger partial charge on any atom is -0.271 e. The number of aromatic nitrogens is 1. The first-order valence-corrected chi connectivity index (χ1v) is 7.66. The molecule has 2 atom stereocenters. The van der Waals surface area contributed by atoms with E-state index in [0.29, 0.717) is 0 Å². The standard InChI is InChI=1S/C16H29N3/c1-4-7-9-13(5-2)12-15(19-17)16-14(6-3)10-8-11-18-16/h8,10-11,13,15,19H,4-7,9,12,17H2,1-3H3. The van der Waals surface area contributed by atoms with Crippen molar-refractivity contribution in [3.8, 4) is 0 Å². The number of pyridine rings is 1. The lowest BCUT2D eigenvalue weighted by Gasteiger charge is -2.23. The Labute approximate surface area is 118 Å². The lowest BCUT2D eigenvalue weighted by molar-refractivity contribution is 0.351. The van der Waals surface area contributed by atoms with Gasteiger partial charge in [-0.2, -0.15) is 0 Å². The van der Waals surface area contributed by atoms with Crippen LogP contribution in [0.15, 0.2) is 18.3 Å². The van der Waals surface area contributed by atoms with Crippen molar-refractivity contribution < 1.29 is 0 Å². The molecule has 1 aromatic rings. The second-order valence-electron chi connectivity index (χ2n) is 5.27. The zero-order valence-corrected chi connectivity index (χ0v) is 12.7. The molecule has 108 valence electrons. The summed E-state index contributed by atoms with van der Waals surface area (Å²) in [5.74, 6) is 6.50. The quantitative estimate of drug-likeness (QED) is 0.527. The number of rotatable bonds is 9. The molecule has 0 aliphatic heterocycles. The molecule has 3 N–H and O–H groups in total. The summed E-state index contributed by atoms with van der Waals surface area (Å²) in [7, 11) is 0. The largest absolute Gasteiger partial charge is 0.271 e. The van der Waals surface area contributed by atoms with Crippen LogP contribution in [0.5, 0.6) is 0 Å². The van der Waals surface area contributed by atoms with Crippen LogP contribution < -0.4 is 11.3 Å². The van der Waals surface area contributed by atoms with Crippen molar-refractivity contribution in [1.82, 2.24) is 10.4 Å². The summed E-state index contributed by atoms with van der Waals surface area (Å²) >= 11 is 0. The van der Waals surface area contributed by atoms with E-state index in [9.17, 15) is 0 Å². The van der Waals surface area contributed by atoms with Crippen LogP contribution in [-0.2, 0) is 6.42 Å². The van der Waals surface area contributed by atoms with Gasteiger partial charge in [0.25, 0.3) is 0 Å². The molecule has 0 aromatic carbocycles. The molecule has 19 heavy (non-hydrogen) atoms. The van der Waals surface area contributed by atoms with E-state index >= 15 is 0 Å². The van der Waals surface area contributed by atoms with Crippen LogP contribution >= 0.6 is 0 Å². The maximum absolute atomic E-state index is 5.77. The Balaban J connectivity index is 2.75. The van der Waals surface area contributed by atoms with Crippen LogP contribution in [0.4, 0.5) is 0 Å². The molecule has 3 heteroatoms. The van der Waals surface area contributed by atoms with Gasteiger partial charge in [-0.3, -0.25) is 16.3 Å². The highest BCUT2D eigenvalue weighted by atomic mass is 15.2. The average Bonchev–Trinajstić information content (AvgIpc) is 2.47. The predicted molar refractivity (Wildman–Crippen MR) is 81.6 cm³/mol. The van der Waals surface area contributed by atoms with Gasteiger partial charge >= 0.3 is 0 Å². The zero-order valence-electron chi connectivity index (χ0n) is 12.7. The first-order valence-electron chi connectivity index (χ1n) is 7.66. The number of hydrazine groups is 1. The van der Waals surface area contributed by atoms with E-state index in [0.717, 1.165) is 24.5 Å². The minimum absolute atomic E-state index is 0.179. The van der Waals surface area contributed by atoms with E-state index in [4.69, 9.17) is 5.84 Å². The van der Waals surface area contributed by atoms with Gasteiger partial charge in [0.05, 0.1) is 11.7 Å². The number of hydrogen-bond acceptors (Lipinski definition) is 3. The summed E-state index contributed by atoms with van der Waals surface area (Å²) in [6.45, 7) is 6.69. The fourth-order valence-corrected chi connectivity index (χ4v) is 2.64. The van der Waals surface area contributed by atoms with Crippen molar-refractivity contribution in [2.45, 2.75) is 65.3 Å². The number of hydrogen-bond donors (Lipinski definition) is 2. The monoisotopic (exact) mass is 263 g/mol. The van der Waals surface area contributed by atoms with Crippen molar-refractivity contribution >= 4 is 0 Å². The Hall–Kier alpha value is -0.930. The van der Waals surface area contributed by atoms with Gasteiger partial charge < -0.3 is 0 Å². The highest BCUT2D eigenvalue weighted by molar-refractivity contribution is 5.22. The van der Waals surface area contributed by atoms with Crippen LogP contribution in [0.2, 0.25) is 0 Å². The normalized spacial score (nSPS) is 14.3. The lowest BCUT2D eigenvalue weighted by Crippen LogP contribution is -2.31. The van der Waals surface area contributed by atoms with Gasteiger partial charge in [0.2, 0.25) is 0 Å². The van der Waals surface area contributed by atoms with Gasteiger partial charge in [0.15, 0.2) is 0 Å². The molecule has 0 aliphatic rings. The summed E-state index contributed by atoms with van der Waals surface area (Å²) in [4.78, 5) is 4.55. The number of unbranched alkanes of at least 4 members (excludes halogenated alkanes) is 1. The van der Waals surface area contributed by atoms with Crippen LogP contribution in [0.1, 0.15) is 70.2 Å². The van der Waals surface area contributed by atoms with Crippen LogP contribution in [0, 0.1) is 5.92 Å². The molecular formula is C16H29N3. The first-order chi connectivity index (χ1) is 9.26. The van der Waals surface area contributed by atoms with Crippen LogP contribution in [0.3, 0.4) is 0 Å². The molecule has 0 amide bonds. The number of aryl methyl sites for hydroxylation is 1. The molecule has 0 fully saturated rings. The van der Waals surface area contributed by atoms with E-state index in [2.05, 4.69) is 37.2 Å². The molecule has 1 rings (SSSR count). The van der Waals surface area contributed by atoms with Crippen molar-refractivity contribution in [2.75, 3.05) is 0 Å². The second kappa shape index (κ2) is 9.05. The third-order valence-electron chi connectivity index (χ3n) is 3.95. The van der Waals surface area contributed by atoms with Gasteiger partial charge in [-0.25, -0.2) is 0 Å². The minimum atomic E-state index is 0.179. The summed E-state index contributed by atoms with van der Waals surface area (Å²) in [5.41, 5.74) is 5.40. The number of nitrogens with one attached hydrogen (secondary N) is 1. The molecule has 2 unspecified atom stereocenters. The number of nitrogens with two attached hydrogens (primary N) is 1. The van der Waals surface area contributed by atoms with Crippen LogP contribution in [-0.4, -0.2) is 4.98 Å². The third kappa shape index (κ3) is 4.92. The highest BCUT2D eigenvalue weighted by Crippen LogP contribution is 2.27. The summed E-state index contributed by atoms with van der Waals surface area (Å²) < 4.78 is 0. The fourth-order valence-electron chi connectivity index (χ4n) is 2.64. The Morgan fingerprint density at radius 3 is 2.68 bits per heavy atom. The van der Waals surface area contributed by atoms with Crippen LogP contribution in [0.25, 0.3) is 0 Å². The average molecular weight is 263 g/mol. The van der Waals surface area contributed by atoms with Gasteiger partial charge in [0.1, 0.15) is 0 Å². The predicted octanol–water partition coefficient (Wildman–Crippen LogP) is 3.75. The van der Waals surface area contributed by atoms with E-state index in [1.54, 1.807) is 0 Å². The summed E-state index contributed by atoms with van der Waals surface area (Å²) in [5, 5.41) is 0. The number of nitrogens with zero attached hydrogens (tertiary/aromatic N) is 1. The Morgan fingerprint density at radius 1 is 1.32 bits per heavy atom. The van der Waals surface area contributed by atoms with Gasteiger partial charge in [-0.15, -0.1) is 0 Å².